The summed E-state index contributed by atoms with van der Waals surface area (Å²) >= 11 is 1.73. The summed E-state index contributed by atoms with van der Waals surface area (Å²) < 4.78 is 6.05. The zero-order chi connectivity index (χ0) is 19.8. The van der Waals surface area contributed by atoms with Crippen LogP contribution in [0.15, 0.2) is 77.7 Å². The van der Waals surface area contributed by atoms with Gasteiger partial charge in [-0.1, -0.05) is 54.6 Å². The molecule has 3 aromatic carbocycles. The number of carbonyl (C=O) groups is 1. The number of hydrogen-bond acceptors (Lipinski definition) is 3. The third kappa shape index (κ3) is 5.40. The van der Waals surface area contributed by atoms with Crippen molar-refractivity contribution in [2.45, 2.75) is 24.8 Å². The van der Waals surface area contributed by atoms with Gasteiger partial charge >= 0.3 is 0 Å². The Morgan fingerprint density at radius 3 is 2.46 bits per heavy atom. The second-order valence-electron chi connectivity index (χ2n) is 6.53. The molecule has 3 rings (SSSR count). The van der Waals surface area contributed by atoms with Crippen molar-refractivity contribution >= 4 is 17.7 Å². The second kappa shape index (κ2) is 10.00. The largest absolute Gasteiger partial charge is 0.489 e. The number of thioether (sulfide) groups is 1. The highest BCUT2D eigenvalue weighted by Gasteiger charge is 2.11. The van der Waals surface area contributed by atoms with Crippen LogP contribution in [0.1, 0.15) is 18.1 Å². The summed E-state index contributed by atoms with van der Waals surface area (Å²) in [6.07, 6.45) is 2.86. The first-order chi connectivity index (χ1) is 13.7. The molecule has 0 spiro atoms. The Labute approximate surface area is 171 Å². The first kappa shape index (κ1) is 20.0. The fourth-order valence-corrected chi connectivity index (χ4v) is 3.71. The summed E-state index contributed by atoms with van der Waals surface area (Å²) in [5.41, 5.74) is 4.68. The lowest BCUT2D eigenvalue weighted by Crippen LogP contribution is -2.22. The molecule has 0 aromatic heterocycles. The number of benzene rings is 3. The summed E-state index contributed by atoms with van der Waals surface area (Å²) in [5.74, 6) is 0.840. The van der Waals surface area contributed by atoms with E-state index in [-0.39, 0.29) is 5.91 Å². The molecule has 0 heterocycles. The zero-order valence-corrected chi connectivity index (χ0v) is 17.1. The average Bonchev–Trinajstić information content (AvgIpc) is 2.73. The molecule has 3 nitrogen and oxygen atoms in total. The molecular formula is C24H25NO2S. The van der Waals surface area contributed by atoms with Gasteiger partial charge in [0, 0.05) is 18.4 Å². The summed E-state index contributed by atoms with van der Waals surface area (Å²) in [6.45, 7) is 2.70. The SMILES string of the molecule is CSc1ccccc1-c1cc(OCc2ccccc2)ccc1CCNC(C)=O. The molecule has 0 atom stereocenters. The van der Waals surface area contributed by atoms with E-state index in [0.29, 0.717) is 13.2 Å². The molecule has 144 valence electrons. The zero-order valence-electron chi connectivity index (χ0n) is 16.3. The third-order valence-corrected chi connectivity index (χ3v) is 5.29. The summed E-state index contributed by atoms with van der Waals surface area (Å²) in [4.78, 5) is 12.5. The molecule has 0 aliphatic rings. The molecule has 0 fully saturated rings. The predicted molar refractivity (Wildman–Crippen MR) is 117 cm³/mol. The standard InChI is InChI=1S/C24H25NO2S/c1-18(26)25-15-14-20-12-13-21(27-17-19-8-4-3-5-9-19)16-23(20)22-10-6-7-11-24(22)28-2/h3-13,16H,14-15,17H2,1-2H3,(H,25,26). The molecule has 0 saturated carbocycles. The maximum Gasteiger partial charge on any atom is 0.216 e. The van der Waals surface area contributed by atoms with Crippen molar-refractivity contribution in [1.29, 1.82) is 0 Å². The maximum absolute atomic E-state index is 11.2. The van der Waals surface area contributed by atoms with Gasteiger partial charge in [-0.25, -0.2) is 0 Å². The van der Waals surface area contributed by atoms with Crippen LogP contribution < -0.4 is 10.1 Å². The minimum absolute atomic E-state index is 0.00567. The summed E-state index contributed by atoms with van der Waals surface area (Å²) in [6, 6.07) is 24.8. The van der Waals surface area contributed by atoms with Crippen LogP contribution in [0, 0.1) is 0 Å². The van der Waals surface area contributed by atoms with Gasteiger partial charge in [-0.05, 0) is 53.1 Å². The lowest BCUT2D eigenvalue weighted by atomic mass is 9.97. The molecule has 0 aliphatic heterocycles. The van der Waals surface area contributed by atoms with Gasteiger partial charge in [0.1, 0.15) is 12.4 Å². The van der Waals surface area contributed by atoms with Gasteiger partial charge in [0.25, 0.3) is 0 Å². The number of rotatable bonds is 8. The van der Waals surface area contributed by atoms with E-state index >= 15 is 0 Å². The number of nitrogens with one attached hydrogen (secondary N) is 1. The van der Waals surface area contributed by atoms with E-state index in [0.717, 1.165) is 23.3 Å². The lowest BCUT2D eigenvalue weighted by molar-refractivity contribution is -0.118. The van der Waals surface area contributed by atoms with Crippen LogP contribution in [0.4, 0.5) is 0 Å². The Balaban J connectivity index is 1.88. The highest BCUT2D eigenvalue weighted by atomic mass is 32.2. The molecule has 1 amide bonds. The Hall–Kier alpha value is -2.72. The van der Waals surface area contributed by atoms with Gasteiger partial charge in [-0.15, -0.1) is 11.8 Å². The van der Waals surface area contributed by atoms with Gasteiger partial charge in [0.05, 0.1) is 0 Å². The van der Waals surface area contributed by atoms with Crippen LogP contribution in [-0.2, 0) is 17.8 Å². The smallest absolute Gasteiger partial charge is 0.216 e. The average molecular weight is 392 g/mol. The van der Waals surface area contributed by atoms with Crippen molar-refractivity contribution in [2.75, 3.05) is 12.8 Å². The van der Waals surface area contributed by atoms with E-state index in [1.165, 1.54) is 16.0 Å². The monoisotopic (exact) mass is 391 g/mol. The molecule has 0 saturated heterocycles. The van der Waals surface area contributed by atoms with Crippen molar-refractivity contribution in [3.8, 4) is 16.9 Å². The van der Waals surface area contributed by atoms with Gasteiger partial charge in [-0.2, -0.15) is 0 Å². The van der Waals surface area contributed by atoms with E-state index < -0.39 is 0 Å². The number of ether oxygens (including phenoxy) is 1. The molecular weight excluding hydrogens is 366 g/mol. The van der Waals surface area contributed by atoms with Gasteiger partial charge in [0.15, 0.2) is 0 Å². The summed E-state index contributed by atoms with van der Waals surface area (Å²) in [7, 11) is 0. The molecule has 3 aromatic rings. The van der Waals surface area contributed by atoms with Crippen LogP contribution in [-0.4, -0.2) is 18.7 Å². The van der Waals surface area contributed by atoms with Crippen molar-refractivity contribution in [1.82, 2.24) is 5.32 Å². The van der Waals surface area contributed by atoms with E-state index in [9.17, 15) is 4.79 Å². The fraction of sp³-hybridized carbons (Fsp3) is 0.208. The van der Waals surface area contributed by atoms with Crippen LogP contribution in [0.2, 0.25) is 0 Å². The maximum atomic E-state index is 11.2. The molecule has 1 N–H and O–H groups in total. The normalized spacial score (nSPS) is 10.5. The lowest BCUT2D eigenvalue weighted by Gasteiger charge is -2.15. The van der Waals surface area contributed by atoms with Gasteiger partial charge in [-0.3, -0.25) is 4.79 Å². The predicted octanol–water partition coefficient (Wildman–Crippen LogP) is 5.33. The minimum Gasteiger partial charge on any atom is -0.489 e. The van der Waals surface area contributed by atoms with Crippen LogP contribution in [0.5, 0.6) is 5.75 Å². The topological polar surface area (TPSA) is 38.3 Å². The molecule has 0 radical (unpaired) electrons. The fourth-order valence-electron chi connectivity index (χ4n) is 3.10. The van der Waals surface area contributed by atoms with Crippen molar-refractivity contribution in [2.24, 2.45) is 0 Å². The van der Waals surface area contributed by atoms with E-state index in [1.807, 2.05) is 24.3 Å². The van der Waals surface area contributed by atoms with Gasteiger partial charge < -0.3 is 10.1 Å². The third-order valence-electron chi connectivity index (χ3n) is 4.50. The van der Waals surface area contributed by atoms with Crippen LogP contribution in [0.3, 0.4) is 0 Å². The highest BCUT2D eigenvalue weighted by molar-refractivity contribution is 7.98. The van der Waals surface area contributed by atoms with Crippen LogP contribution >= 0.6 is 11.8 Å². The molecule has 0 bridgehead atoms. The first-order valence-electron chi connectivity index (χ1n) is 9.35. The Kier molecular flexibility index (Phi) is 7.15. The molecule has 0 unspecified atom stereocenters. The highest BCUT2D eigenvalue weighted by Crippen LogP contribution is 2.35. The first-order valence-corrected chi connectivity index (χ1v) is 10.6. The number of hydrogen-bond donors (Lipinski definition) is 1. The van der Waals surface area contributed by atoms with E-state index in [1.54, 1.807) is 18.7 Å². The Morgan fingerprint density at radius 2 is 1.71 bits per heavy atom. The molecule has 28 heavy (non-hydrogen) atoms. The Morgan fingerprint density at radius 1 is 0.964 bits per heavy atom. The van der Waals surface area contributed by atoms with Crippen molar-refractivity contribution in [3.63, 3.8) is 0 Å². The molecule has 0 aliphatic carbocycles. The second-order valence-corrected chi connectivity index (χ2v) is 7.37. The minimum atomic E-state index is -0.00567. The van der Waals surface area contributed by atoms with E-state index in [4.69, 9.17) is 4.74 Å². The Bertz CT molecular complexity index is 925. The van der Waals surface area contributed by atoms with Crippen molar-refractivity contribution < 1.29 is 9.53 Å². The van der Waals surface area contributed by atoms with Crippen molar-refractivity contribution in [3.05, 3.63) is 83.9 Å². The van der Waals surface area contributed by atoms with Gasteiger partial charge in [0.2, 0.25) is 5.91 Å². The van der Waals surface area contributed by atoms with E-state index in [2.05, 4.69) is 60.1 Å². The quantitative estimate of drug-likeness (QED) is 0.527. The molecule has 4 heteroatoms. The van der Waals surface area contributed by atoms with Crippen LogP contribution in [0.25, 0.3) is 11.1 Å². The summed E-state index contributed by atoms with van der Waals surface area (Å²) in [5, 5.41) is 2.89. The number of amides is 1. The number of carbonyl (C=O) groups excluding carboxylic acids is 1.